The zero-order valence-electron chi connectivity index (χ0n) is 19.5. The van der Waals surface area contributed by atoms with Crippen LogP contribution in [-0.4, -0.2) is 39.9 Å². The fourth-order valence-electron chi connectivity index (χ4n) is 3.45. The maximum Gasteiger partial charge on any atom is 0.490 e. The van der Waals surface area contributed by atoms with E-state index in [9.17, 15) is 22.8 Å². The van der Waals surface area contributed by atoms with Crippen LogP contribution in [0, 0.1) is 11.3 Å². The van der Waals surface area contributed by atoms with Crippen molar-refractivity contribution in [1.82, 2.24) is 4.90 Å². The predicted molar refractivity (Wildman–Crippen MR) is 119 cm³/mol. The normalized spacial score (nSPS) is 15.5. The number of carboxylic acids is 1. The molecule has 3 N–H and O–H groups in total. The average molecular weight is 471 g/mol. The van der Waals surface area contributed by atoms with Crippen LogP contribution in [-0.2, 0) is 27.5 Å². The molecular weight excluding hydrogens is 437 g/mol. The molecule has 0 bridgehead atoms. The number of ketones is 1. The first-order valence-corrected chi connectivity index (χ1v) is 10.8. The van der Waals surface area contributed by atoms with Gasteiger partial charge in [-0.25, -0.2) is 4.79 Å². The molecule has 6 nitrogen and oxygen atoms in total. The molecule has 2 atom stereocenters. The number of amides is 1. The zero-order chi connectivity index (χ0) is 25.4. The molecule has 1 aromatic rings. The largest absolute Gasteiger partial charge is 0.490 e. The van der Waals surface area contributed by atoms with E-state index in [2.05, 4.69) is 32.9 Å². The quantitative estimate of drug-likeness (QED) is 0.573. The number of halogens is 3. The third kappa shape index (κ3) is 10.2. The van der Waals surface area contributed by atoms with Crippen molar-refractivity contribution in [2.24, 2.45) is 17.1 Å². The van der Waals surface area contributed by atoms with Gasteiger partial charge < -0.3 is 15.7 Å². The minimum Gasteiger partial charge on any atom is -0.475 e. The first-order valence-electron chi connectivity index (χ1n) is 10.8. The Balaban J connectivity index is 0.000000675. The van der Waals surface area contributed by atoms with Gasteiger partial charge in [-0.2, -0.15) is 13.2 Å². The average Bonchev–Trinajstić information content (AvgIpc) is 3.14. The highest BCUT2D eigenvalue weighted by Gasteiger charge is 2.38. The van der Waals surface area contributed by atoms with Crippen molar-refractivity contribution in [3.05, 3.63) is 47.5 Å². The third-order valence-electron chi connectivity index (χ3n) is 5.10. The number of carboxylic acid groups (broad SMARTS) is 1. The maximum atomic E-state index is 12.6. The van der Waals surface area contributed by atoms with E-state index in [1.165, 1.54) is 11.1 Å². The van der Waals surface area contributed by atoms with Gasteiger partial charge in [0, 0.05) is 19.5 Å². The number of hydrogen-bond acceptors (Lipinski definition) is 4. The van der Waals surface area contributed by atoms with Gasteiger partial charge in [0.05, 0.1) is 6.04 Å². The fraction of sp³-hybridized carbons (Fsp3) is 0.542. The monoisotopic (exact) mass is 470 g/mol. The summed E-state index contributed by atoms with van der Waals surface area (Å²) in [6.07, 6.45) is 0.370. The summed E-state index contributed by atoms with van der Waals surface area (Å²) in [4.78, 5) is 35.6. The Kier molecular flexibility index (Phi) is 10.3. The second-order valence-corrected chi connectivity index (χ2v) is 9.34. The molecule has 1 aliphatic rings. The number of carbonyl (C=O) groups is 3. The number of fused-ring (bicyclic) bond motifs is 1. The predicted octanol–water partition coefficient (Wildman–Crippen LogP) is 4.47. The topological polar surface area (TPSA) is 101 Å². The molecule has 0 aromatic heterocycles. The summed E-state index contributed by atoms with van der Waals surface area (Å²) in [5.74, 6) is -2.64. The van der Waals surface area contributed by atoms with Crippen molar-refractivity contribution in [3.8, 4) is 0 Å². The van der Waals surface area contributed by atoms with E-state index in [0.717, 1.165) is 6.42 Å². The summed E-state index contributed by atoms with van der Waals surface area (Å²) >= 11 is 0. The minimum absolute atomic E-state index is 0.00680. The smallest absolute Gasteiger partial charge is 0.475 e. The Morgan fingerprint density at radius 2 is 1.61 bits per heavy atom. The van der Waals surface area contributed by atoms with E-state index in [1.807, 2.05) is 30.0 Å². The van der Waals surface area contributed by atoms with Crippen molar-refractivity contribution in [2.75, 3.05) is 0 Å². The standard InChI is InChI=1S/C22H32N2O2.C2HF3O2/c1-5-19(23)20(25)12-16(13-22(2,3)4)10-11-21(26)24-14-17-8-6-7-9-18(17)15-24;3-2(4,5)1(6)7/h6-11,16,19H,5,12-15,23H2,1-4H3;(H,6,7)/b11-10+;/t16-,19-;/m0./s1. The van der Waals surface area contributed by atoms with Crippen LogP contribution in [0.1, 0.15) is 58.1 Å². The van der Waals surface area contributed by atoms with E-state index < -0.39 is 18.2 Å². The number of carbonyl (C=O) groups excluding carboxylic acids is 2. The Bertz CT molecular complexity index is 835. The molecule has 184 valence electrons. The molecular formula is C24H33F3N2O4. The van der Waals surface area contributed by atoms with Crippen LogP contribution in [0.5, 0.6) is 0 Å². The number of rotatable bonds is 7. The molecule has 0 saturated heterocycles. The van der Waals surface area contributed by atoms with Crippen LogP contribution in [0.3, 0.4) is 0 Å². The van der Waals surface area contributed by atoms with Crippen molar-refractivity contribution in [3.63, 3.8) is 0 Å². The first-order chi connectivity index (χ1) is 15.1. The molecule has 1 heterocycles. The number of nitrogens with two attached hydrogens (primary N) is 1. The lowest BCUT2D eigenvalue weighted by Crippen LogP contribution is -2.31. The van der Waals surface area contributed by atoms with E-state index in [-0.39, 0.29) is 23.0 Å². The molecule has 1 amide bonds. The van der Waals surface area contributed by atoms with Gasteiger partial charge in [-0.15, -0.1) is 0 Å². The van der Waals surface area contributed by atoms with Gasteiger partial charge in [0.25, 0.3) is 0 Å². The number of Topliss-reactive ketones (excluding diaryl/α,β-unsaturated/α-hetero) is 1. The molecule has 9 heteroatoms. The van der Waals surface area contributed by atoms with Crippen molar-refractivity contribution in [2.45, 2.75) is 72.3 Å². The molecule has 1 aromatic carbocycles. The number of benzene rings is 1. The van der Waals surface area contributed by atoms with Crippen LogP contribution in [0.15, 0.2) is 36.4 Å². The number of alkyl halides is 3. The highest BCUT2D eigenvalue weighted by Crippen LogP contribution is 2.28. The second-order valence-electron chi connectivity index (χ2n) is 9.34. The summed E-state index contributed by atoms with van der Waals surface area (Å²) in [5.41, 5.74) is 8.39. The van der Waals surface area contributed by atoms with E-state index in [4.69, 9.17) is 15.6 Å². The molecule has 0 aliphatic carbocycles. The van der Waals surface area contributed by atoms with Gasteiger partial charge in [-0.05, 0) is 41.4 Å². The molecule has 0 radical (unpaired) electrons. The Hall–Kier alpha value is -2.68. The third-order valence-corrected chi connectivity index (χ3v) is 5.10. The summed E-state index contributed by atoms with van der Waals surface area (Å²) < 4.78 is 31.7. The minimum atomic E-state index is -5.08. The highest BCUT2D eigenvalue weighted by atomic mass is 19.4. The van der Waals surface area contributed by atoms with Crippen LogP contribution < -0.4 is 5.73 Å². The summed E-state index contributed by atoms with van der Waals surface area (Å²) in [5, 5.41) is 7.12. The Morgan fingerprint density at radius 3 is 2.00 bits per heavy atom. The molecule has 0 fully saturated rings. The summed E-state index contributed by atoms with van der Waals surface area (Å²) in [7, 11) is 0. The summed E-state index contributed by atoms with van der Waals surface area (Å²) in [6.45, 7) is 9.68. The maximum absolute atomic E-state index is 12.6. The number of aliphatic carboxylic acids is 1. The lowest BCUT2D eigenvalue weighted by atomic mass is 9.81. The van der Waals surface area contributed by atoms with Gasteiger partial charge in [-0.1, -0.05) is 58.0 Å². The zero-order valence-corrected chi connectivity index (χ0v) is 19.5. The fourth-order valence-corrected chi connectivity index (χ4v) is 3.45. The highest BCUT2D eigenvalue weighted by molar-refractivity contribution is 5.88. The van der Waals surface area contributed by atoms with E-state index in [1.54, 1.807) is 6.08 Å². The van der Waals surface area contributed by atoms with Crippen molar-refractivity contribution >= 4 is 17.7 Å². The molecule has 1 aliphatic heterocycles. The Labute approximate surface area is 192 Å². The van der Waals surface area contributed by atoms with Crippen molar-refractivity contribution in [1.29, 1.82) is 0 Å². The van der Waals surface area contributed by atoms with Crippen LogP contribution in [0.2, 0.25) is 0 Å². The lowest BCUT2D eigenvalue weighted by Gasteiger charge is -2.24. The number of hydrogen-bond donors (Lipinski definition) is 2. The molecule has 33 heavy (non-hydrogen) atoms. The van der Waals surface area contributed by atoms with Gasteiger partial charge in [0.15, 0.2) is 0 Å². The van der Waals surface area contributed by atoms with Crippen LogP contribution >= 0.6 is 0 Å². The second kappa shape index (κ2) is 12.0. The SMILES string of the molecule is CC[C@H](N)C(=O)C[C@H](/C=C/C(=O)N1Cc2ccccc2C1)CC(C)(C)C.O=C(O)C(F)(F)F. The number of nitrogens with zero attached hydrogens (tertiary/aromatic N) is 1. The van der Waals surface area contributed by atoms with Crippen LogP contribution in [0.25, 0.3) is 0 Å². The summed E-state index contributed by atoms with van der Waals surface area (Å²) in [6, 6.07) is 7.74. The van der Waals surface area contributed by atoms with E-state index >= 15 is 0 Å². The molecule has 0 saturated carbocycles. The lowest BCUT2D eigenvalue weighted by molar-refractivity contribution is -0.192. The number of allylic oxidation sites excluding steroid dienone is 1. The molecule has 0 unspecified atom stereocenters. The van der Waals surface area contributed by atoms with Gasteiger partial charge in [0.2, 0.25) is 5.91 Å². The van der Waals surface area contributed by atoms with Gasteiger partial charge in [-0.3, -0.25) is 9.59 Å². The van der Waals surface area contributed by atoms with Gasteiger partial charge >= 0.3 is 12.1 Å². The molecule has 2 rings (SSSR count). The Morgan fingerprint density at radius 1 is 1.12 bits per heavy atom. The van der Waals surface area contributed by atoms with Gasteiger partial charge in [0.1, 0.15) is 5.78 Å². The first kappa shape index (κ1) is 28.4. The van der Waals surface area contributed by atoms with Crippen molar-refractivity contribution < 1.29 is 32.7 Å². The molecule has 0 spiro atoms. The van der Waals surface area contributed by atoms with Crippen LogP contribution in [0.4, 0.5) is 13.2 Å². The van der Waals surface area contributed by atoms with E-state index in [0.29, 0.717) is 25.9 Å².